The number of aromatic amines is 1. The Morgan fingerprint density at radius 3 is 2.53 bits per heavy atom. The van der Waals surface area contributed by atoms with Gasteiger partial charge in [-0.3, -0.25) is 4.79 Å². The normalized spacial score (nSPS) is 10.2. The van der Waals surface area contributed by atoms with Crippen LogP contribution < -0.4 is 5.32 Å². The molecule has 0 aliphatic heterocycles. The molecule has 1 aromatic carbocycles. The minimum atomic E-state index is -0.250. The average molecular weight is 230 g/mol. The van der Waals surface area contributed by atoms with Gasteiger partial charge in [-0.25, -0.2) is 0 Å². The number of benzene rings is 1. The lowest BCUT2D eigenvalue weighted by atomic mass is 10.1. The molecule has 17 heavy (non-hydrogen) atoms. The first kappa shape index (κ1) is 11.3. The number of H-pyrrole nitrogens is 1. The van der Waals surface area contributed by atoms with Gasteiger partial charge in [-0.1, -0.05) is 19.1 Å². The zero-order valence-electron chi connectivity index (χ0n) is 9.82. The fourth-order valence-electron chi connectivity index (χ4n) is 1.51. The Morgan fingerprint density at radius 2 is 2.00 bits per heavy atom. The van der Waals surface area contributed by atoms with Gasteiger partial charge in [-0.2, -0.15) is 15.4 Å². The van der Waals surface area contributed by atoms with Gasteiger partial charge in [-0.15, -0.1) is 0 Å². The number of hydrogen-bond donors (Lipinski definition) is 2. The summed E-state index contributed by atoms with van der Waals surface area (Å²) in [6.45, 7) is 3.82. The molecular formula is C12H14N4O. The Balaban J connectivity index is 2.10. The number of nitrogens with zero attached hydrogens (tertiary/aromatic N) is 2. The van der Waals surface area contributed by atoms with Crippen LogP contribution in [0.2, 0.25) is 0 Å². The Kier molecular flexibility index (Phi) is 3.18. The van der Waals surface area contributed by atoms with Crippen molar-refractivity contribution in [2.75, 3.05) is 5.32 Å². The summed E-state index contributed by atoms with van der Waals surface area (Å²) in [7, 11) is 0. The van der Waals surface area contributed by atoms with Crippen LogP contribution in [0.3, 0.4) is 0 Å². The topological polar surface area (TPSA) is 70.7 Å². The first-order valence-corrected chi connectivity index (χ1v) is 5.48. The van der Waals surface area contributed by atoms with E-state index in [9.17, 15) is 4.79 Å². The van der Waals surface area contributed by atoms with Gasteiger partial charge in [-0.05, 0) is 31.0 Å². The minimum absolute atomic E-state index is 0.250. The summed E-state index contributed by atoms with van der Waals surface area (Å²) < 4.78 is 0. The van der Waals surface area contributed by atoms with Gasteiger partial charge in [0.1, 0.15) is 0 Å². The van der Waals surface area contributed by atoms with Crippen LogP contribution in [0.5, 0.6) is 0 Å². The number of nitrogens with one attached hydrogen (secondary N) is 2. The fourth-order valence-corrected chi connectivity index (χ4v) is 1.51. The molecule has 5 heteroatoms. The van der Waals surface area contributed by atoms with Crippen molar-refractivity contribution in [3.63, 3.8) is 0 Å². The number of hydrogen-bond acceptors (Lipinski definition) is 3. The summed E-state index contributed by atoms with van der Waals surface area (Å²) in [5, 5.41) is 12.8. The van der Waals surface area contributed by atoms with Crippen molar-refractivity contribution in [3.8, 4) is 0 Å². The molecule has 5 nitrogen and oxygen atoms in total. The first-order valence-electron chi connectivity index (χ1n) is 5.48. The summed E-state index contributed by atoms with van der Waals surface area (Å²) in [4.78, 5) is 11.8. The summed E-state index contributed by atoms with van der Waals surface area (Å²) in [5.41, 5.74) is 2.91. The highest BCUT2D eigenvalue weighted by Crippen LogP contribution is 2.11. The molecule has 0 bridgehead atoms. The lowest BCUT2D eigenvalue weighted by Crippen LogP contribution is -2.13. The Hall–Kier alpha value is -2.17. The maximum atomic E-state index is 11.8. The SMILES string of the molecule is CCc1ccc(NC(=O)c2n[nH]nc2C)cc1. The predicted octanol–water partition coefficient (Wildman–Crippen LogP) is 1.93. The van der Waals surface area contributed by atoms with E-state index >= 15 is 0 Å². The molecule has 0 spiro atoms. The molecule has 88 valence electrons. The summed E-state index contributed by atoms with van der Waals surface area (Å²) in [5.74, 6) is -0.250. The molecule has 1 amide bonds. The predicted molar refractivity (Wildman–Crippen MR) is 64.9 cm³/mol. The molecule has 1 heterocycles. The largest absolute Gasteiger partial charge is 0.321 e. The summed E-state index contributed by atoms with van der Waals surface area (Å²) in [6, 6.07) is 7.74. The molecule has 0 saturated heterocycles. The van der Waals surface area contributed by atoms with Crippen molar-refractivity contribution in [1.82, 2.24) is 15.4 Å². The van der Waals surface area contributed by atoms with Crippen LogP contribution >= 0.6 is 0 Å². The number of carbonyl (C=O) groups is 1. The van der Waals surface area contributed by atoms with Crippen molar-refractivity contribution in [2.24, 2.45) is 0 Å². The second kappa shape index (κ2) is 4.78. The van der Waals surface area contributed by atoms with E-state index in [0.717, 1.165) is 12.1 Å². The van der Waals surface area contributed by atoms with Crippen LogP contribution in [0.4, 0.5) is 5.69 Å². The number of aromatic nitrogens is 3. The lowest BCUT2D eigenvalue weighted by molar-refractivity contribution is 0.102. The molecule has 0 aliphatic rings. The van der Waals surface area contributed by atoms with E-state index in [0.29, 0.717) is 11.4 Å². The number of aryl methyl sites for hydroxylation is 2. The third-order valence-electron chi connectivity index (χ3n) is 2.56. The molecule has 0 saturated carbocycles. The molecule has 0 unspecified atom stereocenters. The van der Waals surface area contributed by atoms with Gasteiger partial charge in [0.15, 0.2) is 5.69 Å². The molecule has 0 atom stereocenters. The van der Waals surface area contributed by atoms with Gasteiger partial charge in [0.05, 0.1) is 5.69 Å². The number of carbonyl (C=O) groups excluding carboxylic acids is 1. The maximum Gasteiger partial charge on any atom is 0.278 e. The van der Waals surface area contributed by atoms with E-state index < -0.39 is 0 Å². The summed E-state index contributed by atoms with van der Waals surface area (Å²) in [6.07, 6.45) is 0.983. The Labute approximate surface area is 99.2 Å². The van der Waals surface area contributed by atoms with E-state index in [1.54, 1.807) is 6.92 Å². The smallest absolute Gasteiger partial charge is 0.278 e. The van der Waals surface area contributed by atoms with E-state index in [2.05, 4.69) is 27.7 Å². The lowest BCUT2D eigenvalue weighted by Gasteiger charge is -2.04. The molecule has 0 radical (unpaired) electrons. The molecule has 1 aromatic heterocycles. The van der Waals surface area contributed by atoms with Crippen LogP contribution in [-0.4, -0.2) is 21.3 Å². The standard InChI is InChI=1S/C12H14N4O/c1-3-9-4-6-10(7-5-9)13-12(17)11-8(2)14-16-15-11/h4-7H,3H2,1-2H3,(H,13,17)(H,14,15,16). The van der Waals surface area contributed by atoms with Gasteiger partial charge in [0, 0.05) is 5.69 Å². The van der Waals surface area contributed by atoms with Gasteiger partial charge < -0.3 is 5.32 Å². The van der Waals surface area contributed by atoms with E-state index in [1.165, 1.54) is 5.56 Å². The molecule has 2 aromatic rings. The fraction of sp³-hybridized carbons (Fsp3) is 0.250. The number of rotatable bonds is 3. The van der Waals surface area contributed by atoms with E-state index in [4.69, 9.17) is 0 Å². The van der Waals surface area contributed by atoms with Gasteiger partial charge >= 0.3 is 0 Å². The highest BCUT2D eigenvalue weighted by molar-refractivity contribution is 6.03. The average Bonchev–Trinajstić information content (AvgIpc) is 2.76. The number of amides is 1. The zero-order valence-corrected chi connectivity index (χ0v) is 9.82. The third-order valence-corrected chi connectivity index (χ3v) is 2.56. The second-order valence-electron chi connectivity index (χ2n) is 3.76. The van der Waals surface area contributed by atoms with Crippen molar-refractivity contribution >= 4 is 11.6 Å². The molecule has 0 aliphatic carbocycles. The number of anilines is 1. The van der Waals surface area contributed by atoms with Crippen LogP contribution in [0.1, 0.15) is 28.7 Å². The molecule has 2 N–H and O–H groups in total. The van der Waals surface area contributed by atoms with Gasteiger partial charge in [0.25, 0.3) is 5.91 Å². The zero-order chi connectivity index (χ0) is 12.3. The van der Waals surface area contributed by atoms with Crippen molar-refractivity contribution in [1.29, 1.82) is 0 Å². The highest BCUT2D eigenvalue weighted by Gasteiger charge is 2.12. The maximum absolute atomic E-state index is 11.8. The molecular weight excluding hydrogens is 216 g/mol. The van der Waals surface area contributed by atoms with Crippen LogP contribution in [0.25, 0.3) is 0 Å². The highest BCUT2D eigenvalue weighted by atomic mass is 16.2. The first-order chi connectivity index (χ1) is 8.20. The third kappa shape index (κ3) is 2.50. The minimum Gasteiger partial charge on any atom is -0.321 e. The van der Waals surface area contributed by atoms with Crippen LogP contribution in [-0.2, 0) is 6.42 Å². The Bertz CT molecular complexity index is 516. The van der Waals surface area contributed by atoms with Crippen molar-refractivity contribution in [3.05, 3.63) is 41.2 Å². The van der Waals surface area contributed by atoms with Crippen molar-refractivity contribution < 1.29 is 4.79 Å². The van der Waals surface area contributed by atoms with Gasteiger partial charge in [0.2, 0.25) is 0 Å². The monoisotopic (exact) mass is 230 g/mol. The second-order valence-corrected chi connectivity index (χ2v) is 3.76. The van der Waals surface area contributed by atoms with Crippen molar-refractivity contribution in [2.45, 2.75) is 20.3 Å². The van der Waals surface area contributed by atoms with Crippen LogP contribution in [0, 0.1) is 6.92 Å². The Morgan fingerprint density at radius 1 is 1.29 bits per heavy atom. The van der Waals surface area contributed by atoms with E-state index in [1.807, 2.05) is 24.3 Å². The van der Waals surface area contributed by atoms with E-state index in [-0.39, 0.29) is 5.91 Å². The molecule has 2 rings (SSSR count). The molecule has 0 fully saturated rings. The quantitative estimate of drug-likeness (QED) is 0.846. The van der Waals surface area contributed by atoms with Crippen LogP contribution in [0.15, 0.2) is 24.3 Å². The summed E-state index contributed by atoms with van der Waals surface area (Å²) >= 11 is 0.